The Bertz CT molecular complexity index is 625. The lowest BCUT2D eigenvalue weighted by Crippen LogP contribution is -1.97. The molecule has 2 aromatic rings. The quantitative estimate of drug-likeness (QED) is 0.278. The van der Waals surface area contributed by atoms with Crippen molar-refractivity contribution in [2.45, 2.75) is 55.4 Å². The molecule has 2 rings (SSSR count). The summed E-state index contributed by atoms with van der Waals surface area (Å²) in [7, 11) is 1.50. The number of azo groups is 1. The number of nitrogens with two attached hydrogens (primary N) is 2. The van der Waals surface area contributed by atoms with E-state index in [0.717, 1.165) is 0 Å². The Kier molecular flexibility index (Phi) is 33.0. The van der Waals surface area contributed by atoms with E-state index in [1.165, 1.54) is 25.2 Å². The van der Waals surface area contributed by atoms with Crippen LogP contribution in [0.2, 0.25) is 0 Å². The molecular formula is C21H40N4O3S. The summed E-state index contributed by atoms with van der Waals surface area (Å²) in [4.78, 5) is 0. The van der Waals surface area contributed by atoms with Crippen molar-refractivity contribution in [3.8, 4) is 5.75 Å². The molecule has 0 aliphatic carbocycles. The SMILES string of the molecule is CC.CC.CC.CC.CN.Nc1ccc(OS(=O)O)cc1N=Nc1ccccc1. The van der Waals surface area contributed by atoms with E-state index < -0.39 is 11.4 Å². The van der Waals surface area contributed by atoms with Gasteiger partial charge in [-0.3, -0.25) is 4.55 Å². The molecule has 2 aromatic carbocycles. The van der Waals surface area contributed by atoms with Crippen molar-refractivity contribution < 1.29 is 12.9 Å². The van der Waals surface area contributed by atoms with E-state index in [0.29, 0.717) is 17.1 Å². The molecule has 7 nitrogen and oxygen atoms in total. The maximum atomic E-state index is 10.5. The predicted molar refractivity (Wildman–Crippen MR) is 128 cm³/mol. The lowest BCUT2D eigenvalue weighted by atomic mass is 10.2. The Labute approximate surface area is 180 Å². The van der Waals surface area contributed by atoms with Gasteiger partial charge < -0.3 is 15.7 Å². The van der Waals surface area contributed by atoms with Crippen molar-refractivity contribution in [2.24, 2.45) is 16.0 Å². The highest BCUT2D eigenvalue weighted by atomic mass is 32.2. The van der Waals surface area contributed by atoms with Crippen LogP contribution in [0, 0.1) is 0 Å². The molecular weight excluding hydrogens is 388 g/mol. The second-order valence-corrected chi connectivity index (χ2v) is 4.16. The van der Waals surface area contributed by atoms with Crippen molar-refractivity contribution in [1.82, 2.24) is 0 Å². The van der Waals surface area contributed by atoms with Crippen LogP contribution in [0.25, 0.3) is 0 Å². The van der Waals surface area contributed by atoms with E-state index in [1.807, 2.05) is 73.6 Å². The summed E-state index contributed by atoms with van der Waals surface area (Å²) in [6.45, 7) is 16.0. The zero-order valence-electron chi connectivity index (χ0n) is 19.3. The average Bonchev–Trinajstić information content (AvgIpc) is 2.81. The molecule has 0 heterocycles. The predicted octanol–water partition coefficient (Wildman–Crippen LogP) is 6.88. The molecule has 0 radical (unpaired) electrons. The number of benzene rings is 2. The van der Waals surface area contributed by atoms with Crippen molar-refractivity contribution in [2.75, 3.05) is 12.8 Å². The van der Waals surface area contributed by atoms with E-state index in [4.69, 9.17) is 10.3 Å². The van der Waals surface area contributed by atoms with E-state index in [2.05, 4.69) is 20.1 Å². The maximum absolute atomic E-state index is 10.5. The van der Waals surface area contributed by atoms with Gasteiger partial charge in [0, 0.05) is 6.07 Å². The molecule has 0 aliphatic heterocycles. The summed E-state index contributed by atoms with van der Waals surface area (Å²) in [5.41, 5.74) is 11.7. The van der Waals surface area contributed by atoms with Crippen LogP contribution in [0.3, 0.4) is 0 Å². The molecule has 1 unspecified atom stereocenters. The van der Waals surface area contributed by atoms with Crippen molar-refractivity contribution in [3.63, 3.8) is 0 Å². The van der Waals surface area contributed by atoms with Crippen molar-refractivity contribution >= 4 is 28.4 Å². The summed E-state index contributed by atoms with van der Waals surface area (Å²) in [5.74, 6) is 0.192. The largest absolute Gasteiger partial charge is 0.397 e. The minimum atomic E-state index is -2.38. The Morgan fingerprint density at radius 3 is 1.76 bits per heavy atom. The van der Waals surface area contributed by atoms with Gasteiger partial charge >= 0.3 is 11.4 Å². The van der Waals surface area contributed by atoms with E-state index in [1.54, 1.807) is 12.1 Å². The van der Waals surface area contributed by atoms with Gasteiger partial charge in [-0.1, -0.05) is 73.6 Å². The van der Waals surface area contributed by atoms with Gasteiger partial charge in [0.2, 0.25) is 0 Å². The molecule has 0 spiro atoms. The van der Waals surface area contributed by atoms with Gasteiger partial charge in [0.05, 0.1) is 11.4 Å². The van der Waals surface area contributed by atoms with E-state index in [9.17, 15) is 4.21 Å². The smallest absolute Gasteiger partial charge is 0.357 e. The third kappa shape index (κ3) is 18.8. The molecule has 8 heteroatoms. The Hall–Kier alpha value is -2.29. The second-order valence-electron chi connectivity index (χ2n) is 3.56. The highest BCUT2D eigenvalue weighted by Crippen LogP contribution is 2.29. The van der Waals surface area contributed by atoms with Crippen molar-refractivity contribution in [1.29, 1.82) is 0 Å². The van der Waals surface area contributed by atoms with Gasteiger partial charge in [0.25, 0.3) is 0 Å². The molecule has 0 aliphatic rings. The number of nitrogen functional groups attached to an aromatic ring is 1. The van der Waals surface area contributed by atoms with E-state index >= 15 is 0 Å². The zero-order chi connectivity index (χ0) is 23.7. The first-order valence-electron chi connectivity index (χ1n) is 9.88. The first kappa shape index (κ1) is 34.2. The second kappa shape index (κ2) is 27.9. The van der Waals surface area contributed by atoms with Crippen LogP contribution in [0.1, 0.15) is 55.4 Å². The van der Waals surface area contributed by atoms with Crippen LogP contribution < -0.4 is 15.7 Å². The Morgan fingerprint density at radius 2 is 1.31 bits per heavy atom. The lowest BCUT2D eigenvalue weighted by Gasteiger charge is -2.03. The van der Waals surface area contributed by atoms with Crippen LogP contribution in [-0.4, -0.2) is 15.8 Å². The summed E-state index contributed by atoms with van der Waals surface area (Å²) in [6, 6.07) is 13.6. The van der Waals surface area contributed by atoms with Crippen LogP contribution >= 0.6 is 0 Å². The molecule has 0 aromatic heterocycles. The van der Waals surface area contributed by atoms with Gasteiger partial charge in [-0.15, -0.1) is 5.11 Å². The number of hydrogen-bond acceptors (Lipinski definition) is 6. The van der Waals surface area contributed by atoms with Crippen LogP contribution in [0.5, 0.6) is 5.75 Å². The van der Waals surface area contributed by atoms with Crippen LogP contribution in [0.4, 0.5) is 17.1 Å². The van der Waals surface area contributed by atoms with Gasteiger partial charge in [-0.25, -0.2) is 0 Å². The maximum Gasteiger partial charge on any atom is 0.357 e. The number of rotatable bonds is 4. The third-order valence-electron chi connectivity index (χ3n) is 2.20. The highest BCUT2D eigenvalue weighted by molar-refractivity contribution is 7.74. The van der Waals surface area contributed by atoms with E-state index in [-0.39, 0.29) is 5.75 Å². The molecule has 29 heavy (non-hydrogen) atoms. The molecule has 5 N–H and O–H groups in total. The van der Waals surface area contributed by atoms with Gasteiger partial charge in [-0.2, -0.15) is 9.32 Å². The van der Waals surface area contributed by atoms with Gasteiger partial charge in [-0.05, 0) is 31.3 Å². The highest BCUT2D eigenvalue weighted by Gasteiger charge is 2.03. The summed E-state index contributed by atoms with van der Waals surface area (Å²) >= 11 is -2.38. The third-order valence-corrected chi connectivity index (χ3v) is 2.53. The normalized spacial score (nSPS) is 9.21. The van der Waals surface area contributed by atoms with Crippen LogP contribution in [-0.2, 0) is 11.4 Å². The molecule has 0 bridgehead atoms. The standard InChI is InChI=1S/C12H11N3O3S.4C2H6.CH5N/c13-11-7-6-10(18-19(16)17)8-12(11)15-14-9-4-2-1-3-5-9;5*1-2/h1-8H,13H2,(H,16,17);4*1-2H3;2H2,1H3. The zero-order valence-corrected chi connectivity index (χ0v) is 20.2. The summed E-state index contributed by atoms with van der Waals surface area (Å²) in [5, 5.41) is 7.99. The average molecular weight is 429 g/mol. The fourth-order valence-electron chi connectivity index (χ4n) is 1.35. The topological polar surface area (TPSA) is 123 Å². The number of anilines is 1. The first-order chi connectivity index (χ1) is 14.1. The molecule has 0 fully saturated rings. The Morgan fingerprint density at radius 1 is 0.828 bits per heavy atom. The first-order valence-corrected chi connectivity index (χ1v) is 10.9. The summed E-state index contributed by atoms with van der Waals surface area (Å²) in [6.07, 6.45) is 0. The van der Waals surface area contributed by atoms with Gasteiger partial charge in [0.1, 0.15) is 11.4 Å². The molecule has 0 saturated carbocycles. The van der Waals surface area contributed by atoms with Gasteiger partial charge in [0.15, 0.2) is 0 Å². The minimum Gasteiger partial charge on any atom is -0.397 e. The number of nitrogens with zero attached hydrogens (tertiary/aromatic N) is 2. The number of hydrogen-bond donors (Lipinski definition) is 3. The summed E-state index contributed by atoms with van der Waals surface area (Å²) < 4.78 is 23.8. The molecule has 168 valence electrons. The minimum absolute atomic E-state index is 0.192. The lowest BCUT2D eigenvalue weighted by molar-refractivity contribution is 0.458. The fraction of sp³-hybridized carbons (Fsp3) is 0.429. The van der Waals surface area contributed by atoms with Crippen molar-refractivity contribution in [3.05, 3.63) is 48.5 Å². The molecule has 0 amide bonds. The molecule has 0 saturated heterocycles. The Balaban J connectivity index is -0.000000273. The molecule has 1 atom stereocenters. The fourth-order valence-corrected chi connectivity index (χ4v) is 1.62. The van der Waals surface area contributed by atoms with Crippen LogP contribution in [0.15, 0.2) is 58.8 Å². The monoisotopic (exact) mass is 428 g/mol.